The Hall–Kier alpha value is -0.980. The summed E-state index contributed by atoms with van der Waals surface area (Å²) >= 11 is 1.47. The minimum Gasteiger partial charge on any atom is -0.314 e. The number of anilines is 1. The molecular weight excluding hydrogens is 236 g/mol. The molecule has 1 atom stereocenters. The third-order valence-corrected chi connectivity index (χ3v) is 3.73. The number of carbonyl (C=O) groups excluding carboxylic acids is 1. The first-order chi connectivity index (χ1) is 8.15. The zero-order valence-electron chi connectivity index (χ0n) is 10.2. The van der Waals surface area contributed by atoms with E-state index in [1.807, 2.05) is 12.3 Å². The van der Waals surface area contributed by atoms with Gasteiger partial charge in [0.25, 0.3) is 0 Å². The quantitative estimate of drug-likeness (QED) is 0.833. The van der Waals surface area contributed by atoms with Crippen LogP contribution in [0.25, 0.3) is 0 Å². The average Bonchev–Trinajstić information content (AvgIpc) is 2.67. The SMILES string of the molecule is Cc1csc(NC(=O)CN2CCNC[C@H]2C)n1. The molecule has 1 aromatic rings. The summed E-state index contributed by atoms with van der Waals surface area (Å²) in [4.78, 5) is 18.2. The lowest BCUT2D eigenvalue weighted by Crippen LogP contribution is -2.51. The Morgan fingerprint density at radius 2 is 2.59 bits per heavy atom. The summed E-state index contributed by atoms with van der Waals surface area (Å²) in [6, 6.07) is 0.410. The summed E-state index contributed by atoms with van der Waals surface area (Å²) in [5.41, 5.74) is 0.945. The Labute approximate surface area is 105 Å². The Morgan fingerprint density at radius 1 is 1.76 bits per heavy atom. The molecule has 5 nitrogen and oxygen atoms in total. The van der Waals surface area contributed by atoms with Gasteiger partial charge in [-0.05, 0) is 13.8 Å². The van der Waals surface area contributed by atoms with E-state index in [9.17, 15) is 4.79 Å². The lowest BCUT2D eigenvalue weighted by atomic mass is 10.2. The van der Waals surface area contributed by atoms with Crippen LogP contribution >= 0.6 is 11.3 Å². The molecule has 0 spiro atoms. The number of carbonyl (C=O) groups is 1. The molecule has 0 unspecified atom stereocenters. The number of thiazole rings is 1. The van der Waals surface area contributed by atoms with Gasteiger partial charge < -0.3 is 10.6 Å². The van der Waals surface area contributed by atoms with Crippen LogP contribution < -0.4 is 10.6 Å². The van der Waals surface area contributed by atoms with Crippen molar-refractivity contribution in [3.8, 4) is 0 Å². The topological polar surface area (TPSA) is 57.3 Å². The number of piperazine rings is 1. The summed E-state index contributed by atoms with van der Waals surface area (Å²) in [5.74, 6) is 0.0214. The van der Waals surface area contributed by atoms with Crippen molar-refractivity contribution >= 4 is 22.4 Å². The molecule has 0 radical (unpaired) electrons. The molecule has 0 aliphatic carbocycles. The normalized spacial score (nSPS) is 21.4. The molecule has 1 aliphatic heterocycles. The minimum atomic E-state index is 0.0214. The Balaban J connectivity index is 1.84. The van der Waals surface area contributed by atoms with Gasteiger partial charge in [-0.25, -0.2) is 4.98 Å². The molecule has 94 valence electrons. The van der Waals surface area contributed by atoms with Crippen molar-refractivity contribution in [1.29, 1.82) is 0 Å². The van der Waals surface area contributed by atoms with Crippen LogP contribution in [0.5, 0.6) is 0 Å². The van der Waals surface area contributed by atoms with Gasteiger partial charge in [0.05, 0.1) is 12.2 Å². The van der Waals surface area contributed by atoms with E-state index in [0.717, 1.165) is 25.3 Å². The van der Waals surface area contributed by atoms with Crippen LogP contribution in [-0.2, 0) is 4.79 Å². The van der Waals surface area contributed by atoms with Crippen LogP contribution in [0.1, 0.15) is 12.6 Å². The number of aryl methyl sites for hydroxylation is 1. The Morgan fingerprint density at radius 3 is 3.24 bits per heavy atom. The number of nitrogens with zero attached hydrogens (tertiary/aromatic N) is 2. The molecule has 0 saturated carbocycles. The van der Waals surface area contributed by atoms with Gasteiger partial charge in [0.2, 0.25) is 5.91 Å². The lowest BCUT2D eigenvalue weighted by Gasteiger charge is -2.33. The summed E-state index contributed by atoms with van der Waals surface area (Å²) < 4.78 is 0. The second-order valence-corrected chi connectivity index (χ2v) is 5.22. The Bertz CT molecular complexity index is 393. The van der Waals surface area contributed by atoms with Crippen molar-refractivity contribution in [3.05, 3.63) is 11.1 Å². The zero-order valence-corrected chi connectivity index (χ0v) is 11.0. The molecule has 6 heteroatoms. The fourth-order valence-electron chi connectivity index (χ4n) is 1.87. The van der Waals surface area contributed by atoms with Gasteiger partial charge in [-0.2, -0.15) is 0 Å². The van der Waals surface area contributed by atoms with E-state index < -0.39 is 0 Å². The number of aromatic nitrogens is 1. The van der Waals surface area contributed by atoms with Crippen LogP contribution in [0.4, 0.5) is 5.13 Å². The van der Waals surface area contributed by atoms with Crippen LogP contribution in [-0.4, -0.2) is 48.0 Å². The van der Waals surface area contributed by atoms with Crippen LogP contribution in [0, 0.1) is 6.92 Å². The molecule has 1 amide bonds. The van der Waals surface area contributed by atoms with Gasteiger partial charge in [0.15, 0.2) is 5.13 Å². The molecule has 2 heterocycles. The first kappa shape index (κ1) is 12.5. The summed E-state index contributed by atoms with van der Waals surface area (Å²) in [5, 5.41) is 8.77. The maximum Gasteiger partial charge on any atom is 0.240 e. The zero-order chi connectivity index (χ0) is 12.3. The molecule has 1 aliphatic rings. The van der Waals surface area contributed by atoms with Crippen LogP contribution in [0.3, 0.4) is 0 Å². The molecule has 2 N–H and O–H groups in total. The summed E-state index contributed by atoms with van der Waals surface area (Å²) in [6.45, 7) is 7.32. The third-order valence-electron chi connectivity index (χ3n) is 2.85. The molecule has 17 heavy (non-hydrogen) atoms. The molecular formula is C11H18N4OS. The van der Waals surface area contributed by atoms with Crippen molar-refractivity contribution in [2.24, 2.45) is 0 Å². The van der Waals surface area contributed by atoms with Gasteiger partial charge in [-0.15, -0.1) is 11.3 Å². The molecule has 1 aromatic heterocycles. The maximum absolute atomic E-state index is 11.8. The van der Waals surface area contributed by atoms with E-state index in [1.165, 1.54) is 11.3 Å². The summed E-state index contributed by atoms with van der Waals surface area (Å²) in [6.07, 6.45) is 0. The smallest absolute Gasteiger partial charge is 0.240 e. The van der Waals surface area contributed by atoms with E-state index in [-0.39, 0.29) is 5.91 Å². The van der Waals surface area contributed by atoms with Gasteiger partial charge in [0, 0.05) is 31.1 Å². The number of hydrogen-bond donors (Lipinski definition) is 2. The second-order valence-electron chi connectivity index (χ2n) is 4.37. The highest BCUT2D eigenvalue weighted by Gasteiger charge is 2.20. The van der Waals surface area contributed by atoms with Crippen molar-refractivity contribution in [3.63, 3.8) is 0 Å². The third kappa shape index (κ3) is 3.49. The van der Waals surface area contributed by atoms with Gasteiger partial charge >= 0.3 is 0 Å². The number of nitrogens with one attached hydrogen (secondary N) is 2. The first-order valence-corrected chi connectivity index (χ1v) is 6.70. The molecule has 0 aromatic carbocycles. The summed E-state index contributed by atoms with van der Waals surface area (Å²) in [7, 11) is 0. The maximum atomic E-state index is 11.8. The highest BCUT2D eigenvalue weighted by atomic mass is 32.1. The van der Waals surface area contributed by atoms with Crippen molar-refractivity contribution < 1.29 is 4.79 Å². The predicted molar refractivity (Wildman–Crippen MR) is 69.4 cm³/mol. The largest absolute Gasteiger partial charge is 0.314 e. The van der Waals surface area contributed by atoms with Crippen molar-refractivity contribution in [2.75, 3.05) is 31.5 Å². The fourth-order valence-corrected chi connectivity index (χ4v) is 2.58. The highest BCUT2D eigenvalue weighted by Crippen LogP contribution is 2.14. The first-order valence-electron chi connectivity index (χ1n) is 5.82. The van der Waals surface area contributed by atoms with E-state index in [0.29, 0.717) is 17.7 Å². The Kier molecular flexibility index (Phi) is 4.09. The van der Waals surface area contributed by atoms with Gasteiger partial charge in [0.1, 0.15) is 0 Å². The van der Waals surface area contributed by atoms with E-state index in [1.54, 1.807) is 0 Å². The second kappa shape index (κ2) is 5.57. The van der Waals surface area contributed by atoms with Gasteiger partial charge in [-0.3, -0.25) is 9.69 Å². The average molecular weight is 254 g/mol. The molecule has 1 saturated heterocycles. The van der Waals surface area contributed by atoms with E-state index >= 15 is 0 Å². The van der Waals surface area contributed by atoms with Crippen molar-refractivity contribution in [1.82, 2.24) is 15.2 Å². The van der Waals surface area contributed by atoms with Crippen LogP contribution in [0.15, 0.2) is 5.38 Å². The molecule has 2 rings (SSSR count). The predicted octanol–water partition coefficient (Wildman–Crippen LogP) is 0.684. The number of rotatable bonds is 3. The van der Waals surface area contributed by atoms with E-state index in [2.05, 4.69) is 27.4 Å². The molecule has 1 fully saturated rings. The van der Waals surface area contributed by atoms with Gasteiger partial charge in [-0.1, -0.05) is 0 Å². The lowest BCUT2D eigenvalue weighted by molar-refractivity contribution is -0.118. The van der Waals surface area contributed by atoms with E-state index in [4.69, 9.17) is 0 Å². The molecule has 0 bridgehead atoms. The van der Waals surface area contributed by atoms with Crippen LogP contribution in [0.2, 0.25) is 0 Å². The number of hydrogen-bond acceptors (Lipinski definition) is 5. The fraction of sp³-hybridized carbons (Fsp3) is 0.636. The van der Waals surface area contributed by atoms with Crippen molar-refractivity contribution in [2.45, 2.75) is 19.9 Å². The highest BCUT2D eigenvalue weighted by molar-refractivity contribution is 7.13. The minimum absolute atomic E-state index is 0.0214. The monoisotopic (exact) mass is 254 g/mol. The number of amides is 1. The standard InChI is InChI=1S/C11H18N4OS/c1-8-7-17-11(13-8)14-10(16)6-15-4-3-12-5-9(15)2/h7,9,12H,3-6H2,1-2H3,(H,13,14,16)/t9-/m1/s1.